The van der Waals surface area contributed by atoms with E-state index in [4.69, 9.17) is 4.74 Å². The molecule has 0 spiro atoms. The molecule has 102 valence electrons. The van der Waals surface area contributed by atoms with Gasteiger partial charge in [0, 0.05) is 22.4 Å². The third-order valence-corrected chi connectivity index (χ3v) is 4.52. The van der Waals surface area contributed by atoms with Gasteiger partial charge in [0.25, 0.3) is 0 Å². The first-order valence-corrected chi connectivity index (χ1v) is 7.62. The lowest BCUT2D eigenvalue weighted by molar-refractivity contribution is -0.131. The van der Waals surface area contributed by atoms with Crippen LogP contribution in [0.15, 0.2) is 53.9 Å². The highest BCUT2D eigenvalue weighted by Gasteiger charge is 2.14. The second-order valence-corrected chi connectivity index (χ2v) is 5.96. The van der Waals surface area contributed by atoms with Crippen molar-refractivity contribution in [1.82, 2.24) is 0 Å². The van der Waals surface area contributed by atoms with Crippen LogP contribution in [0.2, 0.25) is 0 Å². The standard InChI is InChI=1S/C18H12O2S/c1-11(19)20-18-15-8-9-21-16(15)10-13-7-6-12-4-2-3-5-14(12)17(13)18/h2-10H,1H3. The summed E-state index contributed by atoms with van der Waals surface area (Å²) in [5.41, 5.74) is 0. The number of esters is 1. The van der Waals surface area contributed by atoms with E-state index in [9.17, 15) is 4.79 Å². The minimum absolute atomic E-state index is 0.289. The van der Waals surface area contributed by atoms with Crippen LogP contribution >= 0.6 is 11.3 Å². The number of hydrogen-bond acceptors (Lipinski definition) is 3. The van der Waals surface area contributed by atoms with Crippen LogP contribution in [0.3, 0.4) is 0 Å². The molecule has 0 aliphatic heterocycles. The topological polar surface area (TPSA) is 26.3 Å². The molecule has 0 aliphatic carbocycles. The fourth-order valence-corrected chi connectivity index (χ4v) is 3.64. The van der Waals surface area contributed by atoms with Crippen molar-refractivity contribution in [2.24, 2.45) is 0 Å². The highest BCUT2D eigenvalue weighted by atomic mass is 32.1. The van der Waals surface area contributed by atoms with Gasteiger partial charge in [-0.15, -0.1) is 11.3 Å². The van der Waals surface area contributed by atoms with E-state index < -0.39 is 0 Å². The third-order valence-electron chi connectivity index (χ3n) is 3.66. The normalized spacial score (nSPS) is 11.3. The molecule has 1 heterocycles. The molecule has 3 heteroatoms. The molecule has 1 aromatic heterocycles. The first-order valence-electron chi connectivity index (χ1n) is 6.74. The molecule has 0 saturated heterocycles. The first kappa shape index (κ1) is 12.4. The first-order chi connectivity index (χ1) is 10.2. The van der Waals surface area contributed by atoms with Crippen LogP contribution in [-0.2, 0) is 4.79 Å². The zero-order valence-corrected chi connectivity index (χ0v) is 12.2. The maximum atomic E-state index is 11.5. The molecule has 0 amide bonds. The molecule has 4 aromatic rings. The van der Waals surface area contributed by atoms with Gasteiger partial charge in [0.1, 0.15) is 5.75 Å². The summed E-state index contributed by atoms with van der Waals surface area (Å²) in [6, 6.07) is 16.5. The minimum atomic E-state index is -0.289. The molecule has 0 radical (unpaired) electrons. The Morgan fingerprint density at radius 1 is 1.00 bits per heavy atom. The van der Waals surface area contributed by atoms with Crippen LogP contribution in [0.1, 0.15) is 6.92 Å². The maximum Gasteiger partial charge on any atom is 0.308 e. The molecule has 0 aliphatic rings. The molecular formula is C18H12O2S. The molecular weight excluding hydrogens is 280 g/mol. The number of benzene rings is 3. The molecule has 4 rings (SSSR count). The van der Waals surface area contributed by atoms with E-state index in [2.05, 4.69) is 30.3 Å². The molecule has 3 aromatic carbocycles. The Balaban J connectivity index is 2.26. The van der Waals surface area contributed by atoms with Gasteiger partial charge in [0.05, 0.1) is 0 Å². The average molecular weight is 292 g/mol. The highest BCUT2D eigenvalue weighted by Crippen LogP contribution is 2.41. The predicted molar refractivity (Wildman–Crippen MR) is 88.1 cm³/mol. The Labute approximate surface area is 125 Å². The lowest BCUT2D eigenvalue weighted by Gasteiger charge is -2.11. The van der Waals surface area contributed by atoms with Crippen LogP contribution in [0.5, 0.6) is 5.75 Å². The summed E-state index contributed by atoms with van der Waals surface area (Å²) in [5, 5.41) is 7.39. The van der Waals surface area contributed by atoms with E-state index >= 15 is 0 Å². The van der Waals surface area contributed by atoms with E-state index in [1.807, 2.05) is 23.6 Å². The van der Waals surface area contributed by atoms with Crippen molar-refractivity contribution in [2.45, 2.75) is 6.92 Å². The summed E-state index contributed by atoms with van der Waals surface area (Å²) in [6.45, 7) is 1.45. The van der Waals surface area contributed by atoms with Gasteiger partial charge in [-0.1, -0.05) is 36.4 Å². The van der Waals surface area contributed by atoms with Crippen molar-refractivity contribution in [2.75, 3.05) is 0 Å². The van der Waals surface area contributed by atoms with Gasteiger partial charge in [-0.25, -0.2) is 0 Å². The number of rotatable bonds is 1. The van der Waals surface area contributed by atoms with Crippen molar-refractivity contribution in [3.05, 3.63) is 53.9 Å². The second kappa shape index (κ2) is 4.57. The largest absolute Gasteiger partial charge is 0.425 e. The van der Waals surface area contributed by atoms with Crippen LogP contribution < -0.4 is 4.74 Å². The summed E-state index contributed by atoms with van der Waals surface area (Å²) < 4.78 is 6.71. The van der Waals surface area contributed by atoms with Gasteiger partial charge in [0.2, 0.25) is 0 Å². The molecule has 2 nitrogen and oxygen atoms in total. The van der Waals surface area contributed by atoms with Crippen molar-refractivity contribution < 1.29 is 9.53 Å². The average Bonchev–Trinajstić information content (AvgIpc) is 2.94. The molecule has 0 fully saturated rings. The van der Waals surface area contributed by atoms with E-state index in [0.717, 1.165) is 31.6 Å². The summed E-state index contributed by atoms with van der Waals surface area (Å²) in [4.78, 5) is 11.5. The van der Waals surface area contributed by atoms with Gasteiger partial charge in [-0.3, -0.25) is 4.79 Å². The van der Waals surface area contributed by atoms with Gasteiger partial charge in [-0.05, 0) is 33.7 Å². The number of hydrogen-bond donors (Lipinski definition) is 0. The fourth-order valence-electron chi connectivity index (χ4n) is 2.81. The minimum Gasteiger partial charge on any atom is -0.425 e. The maximum absolute atomic E-state index is 11.5. The zero-order chi connectivity index (χ0) is 14.4. The molecule has 0 unspecified atom stereocenters. The lowest BCUT2D eigenvalue weighted by atomic mass is 10.00. The molecule has 0 bridgehead atoms. The molecule has 0 saturated carbocycles. The number of carbonyl (C=O) groups is 1. The van der Waals surface area contributed by atoms with Crippen LogP contribution in [0, 0.1) is 0 Å². The van der Waals surface area contributed by atoms with Crippen molar-refractivity contribution in [3.63, 3.8) is 0 Å². The van der Waals surface area contributed by atoms with E-state index in [0.29, 0.717) is 5.75 Å². The van der Waals surface area contributed by atoms with Gasteiger partial charge in [0.15, 0.2) is 0 Å². The summed E-state index contributed by atoms with van der Waals surface area (Å²) in [6.07, 6.45) is 0. The number of ether oxygens (including phenoxy) is 1. The van der Waals surface area contributed by atoms with Gasteiger partial charge < -0.3 is 4.74 Å². The fraction of sp³-hybridized carbons (Fsp3) is 0.0556. The van der Waals surface area contributed by atoms with Crippen molar-refractivity contribution in [1.29, 1.82) is 0 Å². The smallest absolute Gasteiger partial charge is 0.308 e. The SMILES string of the molecule is CC(=O)Oc1c2ccsc2cc2ccc3ccccc3c12. The lowest BCUT2D eigenvalue weighted by Crippen LogP contribution is -2.02. The second-order valence-electron chi connectivity index (χ2n) is 5.02. The van der Waals surface area contributed by atoms with Crippen LogP contribution in [0.25, 0.3) is 31.6 Å². The van der Waals surface area contributed by atoms with Crippen molar-refractivity contribution >= 4 is 48.9 Å². The van der Waals surface area contributed by atoms with E-state index in [-0.39, 0.29) is 5.97 Å². The Kier molecular flexibility index (Phi) is 2.69. The van der Waals surface area contributed by atoms with Crippen LogP contribution in [-0.4, -0.2) is 5.97 Å². The summed E-state index contributed by atoms with van der Waals surface area (Å²) in [7, 11) is 0. The Hall–Kier alpha value is -2.39. The molecule has 0 atom stereocenters. The van der Waals surface area contributed by atoms with E-state index in [1.54, 1.807) is 11.3 Å². The monoisotopic (exact) mass is 292 g/mol. The summed E-state index contributed by atoms with van der Waals surface area (Å²) >= 11 is 1.66. The third kappa shape index (κ3) is 1.89. The number of carbonyl (C=O) groups excluding carboxylic acids is 1. The Morgan fingerprint density at radius 3 is 2.67 bits per heavy atom. The predicted octanol–water partition coefficient (Wildman–Crippen LogP) is 5.13. The molecule has 21 heavy (non-hydrogen) atoms. The number of thiophene rings is 1. The van der Waals surface area contributed by atoms with Gasteiger partial charge >= 0.3 is 5.97 Å². The zero-order valence-electron chi connectivity index (χ0n) is 11.4. The molecule has 0 N–H and O–H groups in total. The Bertz CT molecular complexity index is 998. The van der Waals surface area contributed by atoms with Gasteiger partial charge in [-0.2, -0.15) is 0 Å². The highest BCUT2D eigenvalue weighted by molar-refractivity contribution is 7.17. The quantitative estimate of drug-likeness (QED) is 0.276. The summed E-state index contributed by atoms with van der Waals surface area (Å²) in [5.74, 6) is 0.385. The van der Waals surface area contributed by atoms with Crippen LogP contribution in [0.4, 0.5) is 0 Å². The number of fused-ring (bicyclic) bond motifs is 4. The van der Waals surface area contributed by atoms with Crippen molar-refractivity contribution in [3.8, 4) is 5.75 Å². The Morgan fingerprint density at radius 2 is 1.81 bits per heavy atom. The van der Waals surface area contributed by atoms with E-state index in [1.165, 1.54) is 6.92 Å².